The fraction of sp³-hybridized carbons (Fsp3) is 0.650. The van der Waals surface area contributed by atoms with Gasteiger partial charge in [0.05, 0.1) is 19.3 Å². The number of morpholine rings is 1. The highest BCUT2D eigenvalue weighted by Crippen LogP contribution is 2.29. The van der Waals surface area contributed by atoms with Crippen molar-refractivity contribution < 1.29 is 4.74 Å². The zero-order chi connectivity index (χ0) is 18.4. The molecule has 6 heteroatoms. The summed E-state index contributed by atoms with van der Waals surface area (Å²) in [6, 6.07) is 11.1. The van der Waals surface area contributed by atoms with Crippen LogP contribution in [-0.2, 0) is 4.74 Å². The van der Waals surface area contributed by atoms with Crippen LogP contribution in [0.15, 0.2) is 35.3 Å². The lowest BCUT2D eigenvalue weighted by molar-refractivity contribution is 0.0169. The van der Waals surface area contributed by atoms with Gasteiger partial charge < -0.3 is 15.0 Å². The highest BCUT2D eigenvalue weighted by molar-refractivity contribution is 8.00. The van der Waals surface area contributed by atoms with Gasteiger partial charge >= 0.3 is 0 Å². The van der Waals surface area contributed by atoms with E-state index in [-0.39, 0.29) is 4.75 Å². The topological polar surface area (TPSA) is 40.1 Å². The summed E-state index contributed by atoms with van der Waals surface area (Å²) >= 11 is 2.05. The SMILES string of the molecule is CN=C(NCC(c1ccccc1)N1CCOCC1)N1CCSC(C)(C)C1. The zero-order valence-electron chi connectivity index (χ0n) is 16.3. The van der Waals surface area contributed by atoms with Crippen LogP contribution in [0.5, 0.6) is 0 Å². The Morgan fingerprint density at radius 1 is 1.23 bits per heavy atom. The van der Waals surface area contributed by atoms with Crippen molar-refractivity contribution in [3.05, 3.63) is 35.9 Å². The predicted octanol–water partition coefficient (Wildman–Crippen LogP) is 2.46. The van der Waals surface area contributed by atoms with Crippen LogP contribution in [0.2, 0.25) is 0 Å². The molecule has 0 bridgehead atoms. The number of hydrogen-bond acceptors (Lipinski definition) is 4. The number of rotatable bonds is 4. The van der Waals surface area contributed by atoms with Crippen LogP contribution >= 0.6 is 11.8 Å². The van der Waals surface area contributed by atoms with Gasteiger partial charge in [-0.2, -0.15) is 11.8 Å². The third-order valence-electron chi connectivity index (χ3n) is 5.06. The molecule has 2 aliphatic rings. The van der Waals surface area contributed by atoms with E-state index in [2.05, 4.69) is 64.3 Å². The molecule has 0 spiro atoms. The molecule has 1 atom stereocenters. The second kappa shape index (κ2) is 9.11. The number of hydrogen-bond donors (Lipinski definition) is 1. The summed E-state index contributed by atoms with van der Waals surface area (Å²) in [7, 11) is 1.89. The first-order valence-corrected chi connectivity index (χ1v) is 10.5. The summed E-state index contributed by atoms with van der Waals surface area (Å²) in [5.41, 5.74) is 1.35. The monoisotopic (exact) mass is 376 g/mol. The molecule has 5 nitrogen and oxygen atoms in total. The summed E-state index contributed by atoms with van der Waals surface area (Å²) in [5, 5.41) is 3.66. The lowest BCUT2D eigenvalue weighted by Gasteiger charge is -2.40. The van der Waals surface area contributed by atoms with Crippen molar-refractivity contribution in [2.75, 3.05) is 58.7 Å². The van der Waals surface area contributed by atoms with E-state index in [4.69, 9.17) is 4.74 Å². The molecule has 0 radical (unpaired) electrons. The molecule has 2 heterocycles. The zero-order valence-corrected chi connectivity index (χ0v) is 17.1. The highest BCUT2D eigenvalue weighted by atomic mass is 32.2. The third kappa shape index (κ3) is 5.15. The average molecular weight is 377 g/mol. The van der Waals surface area contributed by atoms with Crippen molar-refractivity contribution in [2.45, 2.75) is 24.6 Å². The van der Waals surface area contributed by atoms with Gasteiger partial charge in [-0.05, 0) is 19.4 Å². The molecule has 1 aromatic rings. The van der Waals surface area contributed by atoms with Gasteiger partial charge in [0.15, 0.2) is 5.96 Å². The van der Waals surface area contributed by atoms with E-state index < -0.39 is 0 Å². The van der Waals surface area contributed by atoms with Gasteiger partial charge in [0.1, 0.15) is 0 Å². The van der Waals surface area contributed by atoms with E-state index in [0.29, 0.717) is 6.04 Å². The minimum Gasteiger partial charge on any atom is -0.379 e. The van der Waals surface area contributed by atoms with Gasteiger partial charge in [-0.15, -0.1) is 0 Å². The van der Waals surface area contributed by atoms with Crippen molar-refractivity contribution in [3.8, 4) is 0 Å². The number of aliphatic imine (C=N–C) groups is 1. The maximum atomic E-state index is 5.55. The lowest BCUT2D eigenvalue weighted by Crippen LogP contribution is -2.52. The number of ether oxygens (including phenoxy) is 1. The molecular formula is C20H32N4OS. The van der Waals surface area contributed by atoms with Crippen molar-refractivity contribution in [3.63, 3.8) is 0 Å². The molecule has 1 aromatic carbocycles. The predicted molar refractivity (Wildman–Crippen MR) is 111 cm³/mol. The molecule has 0 amide bonds. The largest absolute Gasteiger partial charge is 0.379 e. The first-order chi connectivity index (χ1) is 12.6. The lowest BCUT2D eigenvalue weighted by atomic mass is 10.0. The van der Waals surface area contributed by atoms with E-state index in [9.17, 15) is 0 Å². The minimum atomic E-state index is 0.277. The molecule has 0 saturated carbocycles. The Hall–Kier alpha value is -1.24. The Balaban J connectivity index is 1.68. The number of guanidine groups is 1. The Bertz CT molecular complexity index is 587. The fourth-order valence-electron chi connectivity index (χ4n) is 3.74. The van der Waals surface area contributed by atoms with E-state index in [1.807, 2.05) is 18.8 Å². The summed E-state index contributed by atoms with van der Waals surface area (Å²) < 4.78 is 5.83. The van der Waals surface area contributed by atoms with Crippen LogP contribution in [-0.4, -0.2) is 79.2 Å². The molecule has 1 unspecified atom stereocenters. The maximum Gasteiger partial charge on any atom is 0.193 e. The Labute approximate surface area is 162 Å². The van der Waals surface area contributed by atoms with Crippen molar-refractivity contribution in [2.24, 2.45) is 4.99 Å². The maximum absolute atomic E-state index is 5.55. The minimum absolute atomic E-state index is 0.277. The van der Waals surface area contributed by atoms with Crippen molar-refractivity contribution in [1.29, 1.82) is 0 Å². The molecular weight excluding hydrogens is 344 g/mol. The van der Waals surface area contributed by atoms with Gasteiger partial charge in [0, 0.05) is 50.3 Å². The van der Waals surface area contributed by atoms with Crippen molar-refractivity contribution in [1.82, 2.24) is 15.1 Å². The molecule has 144 valence electrons. The van der Waals surface area contributed by atoms with Crippen LogP contribution < -0.4 is 5.32 Å². The van der Waals surface area contributed by atoms with Gasteiger partial charge in [-0.3, -0.25) is 9.89 Å². The summed E-state index contributed by atoms with van der Waals surface area (Å²) in [4.78, 5) is 9.49. The fourth-order valence-corrected chi connectivity index (χ4v) is 4.85. The Morgan fingerprint density at radius 2 is 1.96 bits per heavy atom. The van der Waals surface area contributed by atoms with Gasteiger partial charge in [-0.1, -0.05) is 30.3 Å². The summed E-state index contributed by atoms with van der Waals surface area (Å²) in [5.74, 6) is 2.17. The molecule has 1 N–H and O–H groups in total. The molecule has 0 aliphatic carbocycles. The van der Waals surface area contributed by atoms with Crippen LogP contribution in [0.1, 0.15) is 25.5 Å². The second-order valence-electron chi connectivity index (χ2n) is 7.53. The molecule has 2 aliphatic heterocycles. The first kappa shape index (κ1) is 19.5. The van der Waals surface area contributed by atoms with Crippen LogP contribution in [0.3, 0.4) is 0 Å². The van der Waals surface area contributed by atoms with Crippen LogP contribution in [0.25, 0.3) is 0 Å². The van der Waals surface area contributed by atoms with E-state index >= 15 is 0 Å². The normalized spacial score (nSPS) is 22.9. The number of thioether (sulfide) groups is 1. The molecule has 2 fully saturated rings. The van der Waals surface area contributed by atoms with Crippen LogP contribution in [0, 0.1) is 0 Å². The van der Waals surface area contributed by atoms with E-state index in [1.165, 1.54) is 5.56 Å². The van der Waals surface area contributed by atoms with E-state index in [0.717, 1.165) is 57.6 Å². The Morgan fingerprint density at radius 3 is 2.62 bits per heavy atom. The van der Waals surface area contributed by atoms with Crippen molar-refractivity contribution >= 4 is 17.7 Å². The van der Waals surface area contributed by atoms with Crippen LogP contribution in [0.4, 0.5) is 0 Å². The smallest absolute Gasteiger partial charge is 0.193 e. The number of benzene rings is 1. The first-order valence-electron chi connectivity index (χ1n) is 9.55. The van der Waals surface area contributed by atoms with Gasteiger partial charge in [0.25, 0.3) is 0 Å². The molecule has 2 saturated heterocycles. The van der Waals surface area contributed by atoms with E-state index in [1.54, 1.807) is 0 Å². The van der Waals surface area contributed by atoms with Gasteiger partial charge in [0.2, 0.25) is 0 Å². The Kier molecular flexibility index (Phi) is 6.84. The quantitative estimate of drug-likeness (QED) is 0.646. The second-order valence-corrected chi connectivity index (χ2v) is 9.33. The third-order valence-corrected chi connectivity index (χ3v) is 6.36. The number of nitrogens with one attached hydrogen (secondary N) is 1. The average Bonchev–Trinajstić information content (AvgIpc) is 2.66. The number of nitrogens with zero attached hydrogens (tertiary/aromatic N) is 3. The summed E-state index contributed by atoms with van der Waals surface area (Å²) in [6.07, 6.45) is 0. The molecule has 0 aromatic heterocycles. The standard InChI is InChI=1S/C20H32N4OS/c1-20(2)16-24(11-14-26-20)19(21-3)22-15-18(17-7-5-4-6-8-17)23-9-12-25-13-10-23/h4-8,18H,9-16H2,1-3H3,(H,21,22). The molecule has 26 heavy (non-hydrogen) atoms. The summed E-state index contributed by atoms with van der Waals surface area (Å²) in [6.45, 7) is 11.2. The van der Waals surface area contributed by atoms with Gasteiger partial charge in [-0.25, -0.2) is 0 Å². The highest BCUT2D eigenvalue weighted by Gasteiger charge is 2.29. The molecule has 3 rings (SSSR count).